The molecule has 0 N–H and O–H groups in total. The molecule has 6 aliphatic carbocycles. The van der Waals surface area contributed by atoms with E-state index in [1.807, 2.05) is 11.8 Å². The highest BCUT2D eigenvalue weighted by Crippen LogP contribution is 2.84. The number of hydrogen-bond donors (Lipinski definition) is 0. The number of methoxy groups -OCH3 is 1. The molecule has 4 unspecified atom stereocenters. The second-order valence-corrected chi connectivity index (χ2v) is 14.5. The summed E-state index contributed by atoms with van der Waals surface area (Å²) in [6.07, 6.45) is 7.58. The van der Waals surface area contributed by atoms with Crippen molar-refractivity contribution >= 4 is 17.7 Å². The summed E-state index contributed by atoms with van der Waals surface area (Å²) < 4.78 is 18.7. The van der Waals surface area contributed by atoms with E-state index in [0.29, 0.717) is 47.2 Å². The molecule has 37 heavy (non-hydrogen) atoms. The number of rotatable bonds is 7. The van der Waals surface area contributed by atoms with Crippen molar-refractivity contribution in [3.05, 3.63) is 30.3 Å². The first-order valence-electron chi connectivity index (χ1n) is 14.6. The van der Waals surface area contributed by atoms with Gasteiger partial charge in [-0.1, -0.05) is 32.0 Å². The maximum atomic E-state index is 12.7. The van der Waals surface area contributed by atoms with E-state index in [9.17, 15) is 4.79 Å². The Morgan fingerprint density at radius 2 is 1.95 bits per heavy atom. The summed E-state index contributed by atoms with van der Waals surface area (Å²) in [6.45, 7) is 9.24. The van der Waals surface area contributed by atoms with Crippen LogP contribution in [0.2, 0.25) is 0 Å². The molecule has 7 aliphatic rings. The lowest BCUT2D eigenvalue weighted by Crippen LogP contribution is -2.71. The van der Waals surface area contributed by atoms with Crippen LogP contribution in [-0.2, 0) is 19.0 Å². The number of fused-ring (bicyclic) bond motifs is 2. The van der Waals surface area contributed by atoms with E-state index in [0.717, 1.165) is 13.0 Å². The number of hydrogen-bond acceptors (Lipinski definition) is 6. The molecule has 1 aromatic rings. The van der Waals surface area contributed by atoms with Gasteiger partial charge in [-0.3, -0.25) is 9.69 Å². The van der Waals surface area contributed by atoms with Crippen molar-refractivity contribution in [3.63, 3.8) is 0 Å². The van der Waals surface area contributed by atoms with Gasteiger partial charge in [0.25, 0.3) is 0 Å². The zero-order valence-corrected chi connectivity index (χ0v) is 23.7. The number of benzene rings is 1. The first-order valence-corrected chi connectivity index (χ1v) is 15.5. The largest absolute Gasteiger partial charge is 0.461 e. The van der Waals surface area contributed by atoms with Gasteiger partial charge < -0.3 is 14.2 Å². The van der Waals surface area contributed by atoms with E-state index in [-0.39, 0.29) is 29.0 Å². The quantitative estimate of drug-likeness (QED) is 0.340. The summed E-state index contributed by atoms with van der Waals surface area (Å²) in [5.41, 5.74) is 0.546. The van der Waals surface area contributed by atoms with Gasteiger partial charge in [-0.05, 0) is 86.3 Å². The number of ether oxygens (including phenoxy) is 3. The van der Waals surface area contributed by atoms with Gasteiger partial charge in [-0.15, -0.1) is 11.8 Å². The van der Waals surface area contributed by atoms with E-state index < -0.39 is 0 Å². The molecule has 0 aromatic heterocycles. The predicted molar refractivity (Wildman–Crippen MR) is 144 cm³/mol. The van der Waals surface area contributed by atoms with E-state index >= 15 is 0 Å². The fourth-order valence-corrected chi connectivity index (χ4v) is 13.0. The fourth-order valence-electron chi connectivity index (χ4n) is 11.5. The van der Waals surface area contributed by atoms with Gasteiger partial charge in [0.1, 0.15) is 12.9 Å². The highest BCUT2D eigenvalue weighted by Gasteiger charge is 2.85. The van der Waals surface area contributed by atoms with Gasteiger partial charge in [0.2, 0.25) is 0 Å². The highest BCUT2D eigenvalue weighted by molar-refractivity contribution is 8.00. The molecule has 6 heteroatoms. The molecule has 1 heterocycles. The number of piperidine rings is 1. The Morgan fingerprint density at radius 3 is 2.68 bits per heavy atom. The average Bonchev–Trinajstić information content (AvgIpc) is 3.33. The molecule has 1 aromatic carbocycles. The minimum absolute atomic E-state index is 0.0198. The van der Waals surface area contributed by atoms with E-state index in [4.69, 9.17) is 14.2 Å². The molecular weight excluding hydrogens is 482 g/mol. The molecule has 0 radical (unpaired) electrons. The maximum absolute atomic E-state index is 12.7. The van der Waals surface area contributed by atoms with Gasteiger partial charge in [0.15, 0.2) is 0 Å². The number of esters is 1. The Kier molecular flexibility index (Phi) is 5.87. The second kappa shape index (κ2) is 8.71. The molecule has 202 valence electrons. The molecule has 8 rings (SSSR count). The van der Waals surface area contributed by atoms with Crippen LogP contribution >= 0.6 is 11.8 Å². The summed E-state index contributed by atoms with van der Waals surface area (Å²) in [6, 6.07) is 11.3. The monoisotopic (exact) mass is 525 g/mol. The third-order valence-electron chi connectivity index (χ3n) is 12.1. The van der Waals surface area contributed by atoms with Crippen LogP contribution in [0.1, 0.15) is 59.3 Å². The highest BCUT2D eigenvalue weighted by atomic mass is 32.2. The number of carbonyl (C=O) groups is 1. The molecule has 5 nitrogen and oxygen atoms in total. The van der Waals surface area contributed by atoms with E-state index in [1.54, 1.807) is 14.0 Å². The SMILES string of the molecule is CCN1C[C@]2(C)CC[C@H](OCOC)C34C1C(C[C@@H]32)[C@@]12CC[C@@H](CC41)[C@@H](Sc1ccccc1)[C@H]2OC(C)=O. The Hall–Kier alpha value is -1.08. The zero-order valence-electron chi connectivity index (χ0n) is 22.9. The van der Waals surface area contributed by atoms with Crippen molar-refractivity contribution in [1.29, 1.82) is 0 Å². The number of likely N-dealkylation sites (tertiary alicyclic amines) is 1. The minimum atomic E-state index is -0.111. The fraction of sp³-hybridized carbons (Fsp3) is 0.774. The van der Waals surface area contributed by atoms with E-state index in [2.05, 4.69) is 49.1 Å². The number of thioether (sulfide) groups is 1. The van der Waals surface area contributed by atoms with Crippen molar-refractivity contribution in [3.8, 4) is 0 Å². The topological polar surface area (TPSA) is 48.0 Å². The zero-order chi connectivity index (χ0) is 25.6. The summed E-state index contributed by atoms with van der Waals surface area (Å²) in [5.74, 6) is 2.28. The number of nitrogens with zero attached hydrogens (tertiary/aromatic N) is 1. The third-order valence-corrected chi connectivity index (χ3v) is 13.6. The standard InChI is InChI=1S/C31H43NO4S/c1-5-32-17-29(3)13-12-25(35-18-34-4)31-23(29)16-22(27(31)32)30-14-11-20(15-24(30)31)26(28(30)36-19(2)33)37-21-9-7-6-8-10-21/h6-10,20,22-28H,5,11-18H2,1-4H3/t20-,22?,23+,24?,25-,26+,27?,28+,29-,30-,31?/m0/s1. The molecule has 1 aliphatic heterocycles. The molecule has 2 spiro atoms. The van der Waals surface area contributed by atoms with Crippen LogP contribution in [0.15, 0.2) is 35.2 Å². The van der Waals surface area contributed by atoms with Gasteiger partial charge in [-0.25, -0.2) is 0 Å². The molecule has 1 saturated heterocycles. The first-order chi connectivity index (χ1) is 17.9. The lowest BCUT2D eigenvalue weighted by atomic mass is 9.39. The molecule has 6 saturated carbocycles. The molecule has 11 atom stereocenters. The lowest BCUT2D eigenvalue weighted by Gasteiger charge is -2.69. The van der Waals surface area contributed by atoms with Gasteiger partial charge in [0, 0.05) is 47.6 Å². The second-order valence-electron chi connectivity index (χ2n) is 13.3. The summed E-state index contributed by atoms with van der Waals surface area (Å²) in [5, 5.41) is 0.329. The van der Waals surface area contributed by atoms with E-state index in [1.165, 1.54) is 43.5 Å². The summed E-state index contributed by atoms with van der Waals surface area (Å²) in [4.78, 5) is 16.9. The van der Waals surface area contributed by atoms with Crippen molar-refractivity contribution in [1.82, 2.24) is 4.90 Å². The van der Waals surface area contributed by atoms with Gasteiger partial charge in [0.05, 0.1) is 6.10 Å². The maximum Gasteiger partial charge on any atom is 0.302 e. The van der Waals surface area contributed by atoms with Crippen LogP contribution in [0, 0.1) is 39.9 Å². The summed E-state index contributed by atoms with van der Waals surface area (Å²) >= 11 is 1.97. The van der Waals surface area contributed by atoms with Crippen molar-refractivity contribution < 1.29 is 19.0 Å². The van der Waals surface area contributed by atoms with Crippen LogP contribution in [0.4, 0.5) is 0 Å². The van der Waals surface area contributed by atoms with Crippen molar-refractivity contribution in [2.45, 2.75) is 87.7 Å². The van der Waals surface area contributed by atoms with Gasteiger partial charge in [-0.2, -0.15) is 0 Å². The third kappa shape index (κ3) is 3.13. The summed E-state index contributed by atoms with van der Waals surface area (Å²) in [7, 11) is 1.75. The predicted octanol–water partition coefficient (Wildman–Crippen LogP) is 5.62. The molecular formula is C31H43NO4S. The van der Waals surface area contributed by atoms with Crippen molar-refractivity contribution in [2.75, 3.05) is 27.0 Å². The Morgan fingerprint density at radius 1 is 1.14 bits per heavy atom. The van der Waals surface area contributed by atoms with Gasteiger partial charge >= 0.3 is 5.97 Å². The van der Waals surface area contributed by atoms with Crippen LogP contribution in [-0.4, -0.2) is 61.4 Å². The van der Waals surface area contributed by atoms with Crippen molar-refractivity contribution in [2.24, 2.45) is 39.9 Å². The first kappa shape index (κ1) is 24.9. The smallest absolute Gasteiger partial charge is 0.302 e. The Labute approximate surface area is 226 Å². The van der Waals surface area contributed by atoms with Crippen LogP contribution in [0.3, 0.4) is 0 Å². The van der Waals surface area contributed by atoms with Crippen LogP contribution in [0.25, 0.3) is 0 Å². The molecule has 0 amide bonds. The van der Waals surface area contributed by atoms with Crippen LogP contribution < -0.4 is 0 Å². The number of carbonyl (C=O) groups excluding carboxylic acids is 1. The average molecular weight is 526 g/mol. The van der Waals surface area contributed by atoms with Crippen LogP contribution in [0.5, 0.6) is 0 Å². The normalized spacial score (nSPS) is 49.2. The lowest BCUT2D eigenvalue weighted by molar-refractivity contribution is -0.259. The minimum Gasteiger partial charge on any atom is -0.461 e. The Balaban J connectivity index is 1.37. The molecule has 7 bridgehead atoms. The Bertz CT molecular complexity index is 1050. The molecule has 7 fully saturated rings.